The van der Waals surface area contributed by atoms with E-state index in [9.17, 15) is 17.4 Å². The number of hydrogen-bond acceptors (Lipinski definition) is 4. The molecule has 0 bridgehead atoms. The summed E-state index contributed by atoms with van der Waals surface area (Å²) in [7, 11) is -1.10. The summed E-state index contributed by atoms with van der Waals surface area (Å²) in [5.74, 6) is 1.10. The first-order valence-electron chi connectivity index (χ1n) is 6.71. The van der Waals surface area contributed by atoms with E-state index >= 15 is 0 Å². The van der Waals surface area contributed by atoms with Gasteiger partial charge in [0.1, 0.15) is 0 Å². The molecule has 2 aromatic rings. The minimum absolute atomic E-state index is 0.175. The summed E-state index contributed by atoms with van der Waals surface area (Å²) in [5.41, 5.74) is -0.335. The Kier molecular flexibility index (Phi) is 5.28. The highest BCUT2D eigenvalue weighted by molar-refractivity contribution is 7.84. The Morgan fingerprint density at radius 3 is 2.50 bits per heavy atom. The number of benzene rings is 1. The van der Waals surface area contributed by atoms with Gasteiger partial charge in [-0.2, -0.15) is 17.9 Å². The van der Waals surface area contributed by atoms with Crippen molar-refractivity contribution in [2.45, 2.75) is 31.7 Å². The fourth-order valence-electron chi connectivity index (χ4n) is 1.81. The molecule has 0 amide bonds. The standard InChI is InChI=1S/C13H15F3N4OS/c1-2-3-8-22(21)9-12-17-18-19-20(12)11-6-4-10(5-7-11)13(14,15)16/h4-7H,2-3,8-9H2,1H3. The third-order valence-electron chi connectivity index (χ3n) is 2.99. The number of alkyl halides is 3. The van der Waals surface area contributed by atoms with Gasteiger partial charge in [0.2, 0.25) is 0 Å². The molecule has 1 heterocycles. The molecule has 0 N–H and O–H groups in total. The van der Waals surface area contributed by atoms with E-state index in [4.69, 9.17) is 0 Å². The monoisotopic (exact) mass is 332 g/mol. The second-order valence-electron chi connectivity index (χ2n) is 4.69. The molecular weight excluding hydrogens is 317 g/mol. The van der Waals surface area contributed by atoms with Gasteiger partial charge in [-0.25, -0.2) is 0 Å². The Bertz CT molecular complexity index is 639. The second-order valence-corrected chi connectivity index (χ2v) is 6.27. The van der Waals surface area contributed by atoms with Crippen LogP contribution in [-0.4, -0.2) is 30.2 Å². The van der Waals surface area contributed by atoms with Crippen LogP contribution in [0.3, 0.4) is 0 Å². The molecule has 0 aliphatic heterocycles. The minimum Gasteiger partial charge on any atom is -0.259 e. The zero-order valence-electron chi connectivity index (χ0n) is 11.9. The molecular formula is C13H15F3N4OS. The van der Waals surface area contributed by atoms with Crippen LogP contribution in [-0.2, 0) is 22.7 Å². The zero-order valence-corrected chi connectivity index (χ0v) is 12.7. The van der Waals surface area contributed by atoms with Crippen molar-refractivity contribution >= 4 is 10.8 Å². The average molecular weight is 332 g/mol. The molecule has 0 fully saturated rings. The molecule has 22 heavy (non-hydrogen) atoms. The highest BCUT2D eigenvalue weighted by Crippen LogP contribution is 2.29. The number of nitrogens with zero attached hydrogens (tertiary/aromatic N) is 4. The Balaban J connectivity index is 2.17. The summed E-state index contributed by atoms with van der Waals surface area (Å²) in [5, 5.41) is 11.1. The highest BCUT2D eigenvalue weighted by Gasteiger charge is 2.30. The van der Waals surface area contributed by atoms with E-state index in [0.717, 1.165) is 25.0 Å². The smallest absolute Gasteiger partial charge is 0.259 e. The fourth-order valence-corrected chi connectivity index (χ4v) is 3.03. The van der Waals surface area contributed by atoms with Crippen molar-refractivity contribution in [2.24, 2.45) is 0 Å². The van der Waals surface area contributed by atoms with Crippen molar-refractivity contribution in [3.63, 3.8) is 0 Å². The van der Waals surface area contributed by atoms with Crippen LogP contribution in [0.15, 0.2) is 24.3 Å². The molecule has 1 aromatic heterocycles. The molecule has 0 saturated carbocycles. The Hall–Kier alpha value is -1.77. The summed E-state index contributed by atoms with van der Waals surface area (Å²) < 4.78 is 50.8. The van der Waals surface area contributed by atoms with Gasteiger partial charge in [-0.05, 0) is 41.1 Å². The first-order valence-corrected chi connectivity index (χ1v) is 8.20. The maximum atomic E-state index is 12.5. The zero-order chi connectivity index (χ0) is 16.2. The van der Waals surface area contributed by atoms with Gasteiger partial charge in [-0.1, -0.05) is 13.3 Å². The van der Waals surface area contributed by atoms with Crippen LogP contribution in [0, 0.1) is 0 Å². The van der Waals surface area contributed by atoms with E-state index in [2.05, 4.69) is 15.5 Å². The maximum absolute atomic E-state index is 12.5. The van der Waals surface area contributed by atoms with Gasteiger partial charge in [0.25, 0.3) is 0 Å². The molecule has 2 rings (SSSR count). The van der Waals surface area contributed by atoms with Crippen molar-refractivity contribution in [1.29, 1.82) is 0 Å². The summed E-state index contributed by atoms with van der Waals surface area (Å²) in [6, 6.07) is 4.51. The van der Waals surface area contributed by atoms with Crippen molar-refractivity contribution in [1.82, 2.24) is 20.2 Å². The van der Waals surface area contributed by atoms with Crippen molar-refractivity contribution in [3.05, 3.63) is 35.7 Å². The summed E-state index contributed by atoms with van der Waals surface area (Å²) in [6.45, 7) is 2.00. The number of halogens is 3. The molecule has 0 saturated heterocycles. The van der Waals surface area contributed by atoms with Gasteiger partial charge in [0.15, 0.2) is 5.82 Å². The lowest BCUT2D eigenvalue weighted by Crippen LogP contribution is -2.09. The molecule has 1 unspecified atom stereocenters. The molecule has 120 valence electrons. The topological polar surface area (TPSA) is 60.7 Å². The minimum atomic E-state index is -4.39. The fraction of sp³-hybridized carbons (Fsp3) is 0.462. The molecule has 0 aliphatic carbocycles. The lowest BCUT2D eigenvalue weighted by atomic mass is 10.2. The van der Waals surface area contributed by atoms with Gasteiger partial charge in [-0.15, -0.1) is 5.10 Å². The summed E-state index contributed by atoms with van der Waals surface area (Å²) >= 11 is 0. The van der Waals surface area contributed by atoms with Gasteiger partial charge < -0.3 is 0 Å². The van der Waals surface area contributed by atoms with Crippen LogP contribution < -0.4 is 0 Å². The van der Waals surface area contributed by atoms with Gasteiger partial charge in [-0.3, -0.25) is 4.21 Å². The number of rotatable bonds is 6. The number of hydrogen-bond donors (Lipinski definition) is 0. The van der Waals surface area contributed by atoms with Crippen LogP contribution in [0.25, 0.3) is 5.69 Å². The van der Waals surface area contributed by atoms with Gasteiger partial charge in [0, 0.05) is 16.6 Å². The largest absolute Gasteiger partial charge is 0.416 e. The predicted octanol–water partition coefficient (Wildman–Crippen LogP) is 2.73. The normalized spacial score (nSPS) is 13.3. The first-order chi connectivity index (χ1) is 10.4. The lowest BCUT2D eigenvalue weighted by Gasteiger charge is -2.08. The van der Waals surface area contributed by atoms with E-state index in [1.807, 2.05) is 6.92 Å². The third-order valence-corrected chi connectivity index (χ3v) is 4.31. The quantitative estimate of drug-likeness (QED) is 0.816. The molecule has 1 atom stereocenters. The van der Waals surface area contributed by atoms with Crippen LogP contribution in [0.2, 0.25) is 0 Å². The molecule has 0 spiro atoms. The maximum Gasteiger partial charge on any atom is 0.416 e. The van der Waals surface area contributed by atoms with Crippen LogP contribution in [0.1, 0.15) is 31.2 Å². The number of tetrazole rings is 1. The molecule has 5 nitrogen and oxygen atoms in total. The third kappa shape index (κ3) is 4.12. The van der Waals surface area contributed by atoms with Gasteiger partial charge >= 0.3 is 6.18 Å². The predicted molar refractivity (Wildman–Crippen MR) is 75.8 cm³/mol. The van der Waals surface area contributed by atoms with Crippen LogP contribution >= 0.6 is 0 Å². The molecule has 0 aliphatic rings. The molecule has 9 heteroatoms. The SMILES string of the molecule is CCCCS(=O)Cc1nnnn1-c1ccc(C(F)(F)F)cc1. The van der Waals surface area contributed by atoms with E-state index in [1.54, 1.807) is 0 Å². The average Bonchev–Trinajstić information content (AvgIpc) is 2.92. The summed E-state index contributed by atoms with van der Waals surface area (Å²) in [4.78, 5) is 0. The van der Waals surface area contributed by atoms with E-state index in [0.29, 0.717) is 17.3 Å². The van der Waals surface area contributed by atoms with Crippen molar-refractivity contribution < 1.29 is 17.4 Å². The summed E-state index contributed by atoms with van der Waals surface area (Å²) in [6.07, 6.45) is -2.60. The van der Waals surface area contributed by atoms with E-state index in [-0.39, 0.29) is 5.75 Å². The molecule has 1 aromatic carbocycles. The van der Waals surface area contributed by atoms with Gasteiger partial charge in [0.05, 0.1) is 17.0 Å². The second kappa shape index (κ2) is 6.99. The van der Waals surface area contributed by atoms with E-state index in [1.165, 1.54) is 16.8 Å². The molecule has 0 radical (unpaired) electrons. The first kappa shape index (κ1) is 16.6. The highest BCUT2D eigenvalue weighted by atomic mass is 32.2. The Labute approximate surface area is 128 Å². The Morgan fingerprint density at radius 1 is 1.23 bits per heavy atom. The van der Waals surface area contributed by atoms with Crippen LogP contribution in [0.5, 0.6) is 0 Å². The Morgan fingerprint density at radius 2 is 1.91 bits per heavy atom. The van der Waals surface area contributed by atoms with Crippen molar-refractivity contribution in [2.75, 3.05) is 5.75 Å². The van der Waals surface area contributed by atoms with Crippen molar-refractivity contribution in [3.8, 4) is 5.69 Å². The lowest BCUT2D eigenvalue weighted by molar-refractivity contribution is -0.137. The van der Waals surface area contributed by atoms with E-state index < -0.39 is 22.5 Å². The number of aromatic nitrogens is 4. The van der Waals surface area contributed by atoms with Crippen LogP contribution in [0.4, 0.5) is 13.2 Å². The number of unbranched alkanes of at least 4 members (excludes halogenated alkanes) is 1.